The molecular weight excluding hydrogens is 340 g/mol. The number of hydrogen-bond donors (Lipinski definition) is 1. The number of amides is 1. The third-order valence-electron chi connectivity index (χ3n) is 5.02. The fraction of sp³-hybridized carbons (Fsp3) is 0.409. The van der Waals surface area contributed by atoms with Crippen molar-refractivity contribution in [3.63, 3.8) is 0 Å². The number of rotatable bonds is 8. The van der Waals surface area contributed by atoms with Crippen LogP contribution in [0.5, 0.6) is 11.5 Å². The van der Waals surface area contributed by atoms with Crippen molar-refractivity contribution in [2.75, 3.05) is 33.9 Å². The molecule has 27 heavy (non-hydrogen) atoms. The number of nitrogens with one attached hydrogen (secondary N) is 1. The molecule has 1 aliphatic heterocycles. The minimum atomic E-state index is 0.197. The summed E-state index contributed by atoms with van der Waals surface area (Å²) in [5.74, 6) is 1.66. The van der Waals surface area contributed by atoms with Gasteiger partial charge in [0, 0.05) is 26.1 Å². The van der Waals surface area contributed by atoms with E-state index in [9.17, 15) is 4.79 Å². The lowest BCUT2D eigenvalue weighted by molar-refractivity contribution is -0.132. The molecule has 0 unspecified atom stereocenters. The minimum Gasteiger partial charge on any atom is -0.493 e. The van der Waals surface area contributed by atoms with Gasteiger partial charge in [0.15, 0.2) is 11.5 Å². The molecule has 3 rings (SSSR count). The van der Waals surface area contributed by atoms with Gasteiger partial charge in [-0.15, -0.1) is 0 Å². The van der Waals surface area contributed by atoms with Crippen LogP contribution in [0.4, 0.5) is 0 Å². The first-order valence-electron chi connectivity index (χ1n) is 9.47. The van der Waals surface area contributed by atoms with Crippen molar-refractivity contribution >= 4 is 5.91 Å². The predicted octanol–water partition coefficient (Wildman–Crippen LogP) is 2.81. The Morgan fingerprint density at radius 3 is 2.44 bits per heavy atom. The molecule has 0 spiro atoms. The van der Waals surface area contributed by atoms with Crippen LogP contribution in [-0.2, 0) is 24.2 Å². The first kappa shape index (κ1) is 19.2. The fourth-order valence-corrected chi connectivity index (χ4v) is 3.45. The standard InChI is InChI=1S/C22H28N2O3/c1-26-20-14-18-10-13-24(16-19(18)15-21(20)27-2)22(25)9-12-23-11-8-17-6-4-3-5-7-17/h3-7,14-15,23H,8-13,16H2,1-2H3. The van der Waals surface area contributed by atoms with Crippen molar-refractivity contribution in [3.05, 3.63) is 59.2 Å². The topological polar surface area (TPSA) is 50.8 Å². The summed E-state index contributed by atoms with van der Waals surface area (Å²) in [6.07, 6.45) is 2.36. The van der Waals surface area contributed by atoms with E-state index in [0.717, 1.165) is 37.2 Å². The van der Waals surface area contributed by atoms with Gasteiger partial charge in [-0.25, -0.2) is 0 Å². The molecule has 0 radical (unpaired) electrons. The summed E-state index contributed by atoms with van der Waals surface area (Å²) in [6, 6.07) is 14.4. The van der Waals surface area contributed by atoms with Gasteiger partial charge in [-0.2, -0.15) is 0 Å². The maximum atomic E-state index is 12.5. The van der Waals surface area contributed by atoms with Gasteiger partial charge in [0.1, 0.15) is 0 Å². The number of ether oxygens (including phenoxy) is 2. The molecular formula is C22H28N2O3. The van der Waals surface area contributed by atoms with Crippen molar-refractivity contribution in [3.8, 4) is 11.5 Å². The maximum Gasteiger partial charge on any atom is 0.224 e. The third-order valence-corrected chi connectivity index (χ3v) is 5.02. The van der Waals surface area contributed by atoms with Gasteiger partial charge in [0.2, 0.25) is 5.91 Å². The Hall–Kier alpha value is -2.53. The molecule has 144 valence electrons. The number of carbonyl (C=O) groups is 1. The minimum absolute atomic E-state index is 0.197. The molecule has 1 amide bonds. The largest absolute Gasteiger partial charge is 0.493 e. The summed E-state index contributed by atoms with van der Waals surface area (Å²) in [5.41, 5.74) is 3.69. The van der Waals surface area contributed by atoms with Crippen LogP contribution >= 0.6 is 0 Å². The lowest BCUT2D eigenvalue weighted by Crippen LogP contribution is -2.37. The van der Waals surface area contributed by atoms with Gasteiger partial charge in [-0.1, -0.05) is 30.3 Å². The normalized spacial score (nSPS) is 13.2. The Labute approximate surface area is 161 Å². The average Bonchev–Trinajstić information content (AvgIpc) is 2.72. The van der Waals surface area contributed by atoms with E-state index in [1.807, 2.05) is 23.1 Å². The summed E-state index contributed by atoms with van der Waals surface area (Å²) in [5, 5.41) is 3.37. The number of nitrogens with zero attached hydrogens (tertiary/aromatic N) is 1. The van der Waals surface area contributed by atoms with Gasteiger partial charge in [-0.05, 0) is 48.2 Å². The molecule has 0 fully saturated rings. The Morgan fingerprint density at radius 1 is 1.04 bits per heavy atom. The summed E-state index contributed by atoms with van der Waals surface area (Å²) >= 11 is 0. The second kappa shape index (κ2) is 9.42. The molecule has 0 aliphatic carbocycles. The number of benzene rings is 2. The molecule has 0 aromatic heterocycles. The van der Waals surface area contributed by atoms with E-state index in [-0.39, 0.29) is 5.91 Å². The SMILES string of the molecule is COc1cc2c(cc1OC)CN(C(=O)CCNCCc1ccccc1)CC2. The van der Waals surface area contributed by atoms with Crippen LogP contribution in [0.3, 0.4) is 0 Å². The average molecular weight is 368 g/mol. The molecule has 1 heterocycles. The Morgan fingerprint density at radius 2 is 1.74 bits per heavy atom. The Kier molecular flexibility index (Phi) is 6.71. The van der Waals surface area contributed by atoms with Crippen LogP contribution in [0, 0.1) is 0 Å². The lowest BCUT2D eigenvalue weighted by atomic mass is 9.98. The first-order chi connectivity index (χ1) is 13.2. The van der Waals surface area contributed by atoms with E-state index < -0.39 is 0 Å². The number of hydrogen-bond acceptors (Lipinski definition) is 4. The first-order valence-corrected chi connectivity index (χ1v) is 9.47. The van der Waals surface area contributed by atoms with Crippen molar-refractivity contribution in [2.24, 2.45) is 0 Å². The highest BCUT2D eigenvalue weighted by molar-refractivity contribution is 5.76. The highest BCUT2D eigenvalue weighted by Crippen LogP contribution is 2.33. The quantitative estimate of drug-likeness (QED) is 0.728. The van der Waals surface area contributed by atoms with Crippen LogP contribution in [0.2, 0.25) is 0 Å². The smallest absolute Gasteiger partial charge is 0.224 e. The molecule has 1 aliphatic rings. The van der Waals surface area contributed by atoms with Gasteiger partial charge < -0.3 is 19.7 Å². The number of fused-ring (bicyclic) bond motifs is 1. The summed E-state index contributed by atoms with van der Waals surface area (Å²) in [4.78, 5) is 14.5. The maximum absolute atomic E-state index is 12.5. The third kappa shape index (κ3) is 5.01. The van der Waals surface area contributed by atoms with Gasteiger partial charge in [0.25, 0.3) is 0 Å². The van der Waals surface area contributed by atoms with E-state index in [4.69, 9.17) is 9.47 Å². The zero-order valence-corrected chi connectivity index (χ0v) is 16.2. The van der Waals surface area contributed by atoms with E-state index in [1.54, 1.807) is 14.2 Å². The van der Waals surface area contributed by atoms with E-state index in [2.05, 4.69) is 29.6 Å². The number of carbonyl (C=O) groups excluding carboxylic acids is 1. The second-order valence-corrected chi connectivity index (χ2v) is 6.78. The number of methoxy groups -OCH3 is 2. The van der Waals surface area contributed by atoms with Crippen LogP contribution < -0.4 is 14.8 Å². The molecule has 0 atom stereocenters. The highest BCUT2D eigenvalue weighted by atomic mass is 16.5. The molecule has 5 heteroatoms. The van der Waals surface area contributed by atoms with E-state index in [1.165, 1.54) is 11.1 Å². The molecule has 0 saturated heterocycles. The monoisotopic (exact) mass is 368 g/mol. The summed E-state index contributed by atoms with van der Waals surface area (Å²) < 4.78 is 10.8. The summed E-state index contributed by atoms with van der Waals surface area (Å²) in [6.45, 7) is 2.99. The zero-order chi connectivity index (χ0) is 19.1. The van der Waals surface area contributed by atoms with Crippen LogP contribution in [0.1, 0.15) is 23.1 Å². The zero-order valence-electron chi connectivity index (χ0n) is 16.2. The van der Waals surface area contributed by atoms with E-state index >= 15 is 0 Å². The highest BCUT2D eigenvalue weighted by Gasteiger charge is 2.22. The van der Waals surface area contributed by atoms with Crippen LogP contribution in [-0.4, -0.2) is 44.7 Å². The second-order valence-electron chi connectivity index (χ2n) is 6.78. The van der Waals surface area contributed by atoms with Gasteiger partial charge in [0.05, 0.1) is 14.2 Å². The van der Waals surface area contributed by atoms with Crippen LogP contribution in [0.15, 0.2) is 42.5 Å². The fourth-order valence-electron chi connectivity index (χ4n) is 3.45. The molecule has 2 aromatic rings. The predicted molar refractivity (Wildman–Crippen MR) is 106 cm³/mol. The van der Waals surface area contributed by atoms with Crippen molar-refractivity contribution < 1.29 is 14.3 Å². The lowest BCUT2D eigenvalue weighted by Gasteiger charge is -2.29. The van der Waals surface area contributed by atoms with Crippen LogP contribution in [0.25, 0.3) is 0 Å². The molecule has 2 aromatic carbocycles. The van der Waals surface area contributed by atoms with E-state index in [0.29, 0.717) is 25.3 Å². The summed E-state index contributed by atoms with van der Waals surface area (Å²) in [7, 11) is 3.28. The van der Waals surface area contributed by atoms with Crippen molar-refractivity contribution in [2.45, 2.75) is 25.8 Å². The molecule has 0 bridgehead atoms. The van der Waals surface area contributed by atoms with Gasteiger partial charge in [-0.3, -0.25) is 4.79 Å². The molecule has 5 nitrogen and oxygen atoms in total. The molecule has 1 N–H and O–H groups in total. The molecule has 0 saturated carbocycles. The van der Waals surface area contributed by atoms with Crippen molar-refractivity contribution in [1.29, 1.82) is 0 Å². The Bertz CT molecular complexity index is 762. The van der Waals surface area contributed by atoms with Crippen molar-refractivity contribution in [1.82, 2.24) is 10.2 Å². The van der Waals surface area contributed by atoms with Gasteiger partial charge >= 0.3 is 0 Å². The Balaban J connectivity index is 1.46.